The van der Waals surface area contributed by atoms with Crippen molar-refractivity contribution in [2.75, 3.05) is 19.7 Å². The van der Waals surface area contributed by atoms with Gasteiger partial charge in [-0.05, 0) is 32.7 Å². The Balaban J connectivity index is 3.29. The van der Waals surface area contributed by atoms with Gasteiger partial charge >= 0.3 is 5.97 Å². The summed E-state index contributed by atoms with van der Waals surface area (Å²) in [4.78, 5) is 10.4. The Morgan fingerprint density at radius 2 is 2.07 bits per heavy atom. The Kier molecular flexibility index (Phi) is 8.17. The molecule has 4 heteroatoms. The number of carboxylic acids is 1. The van der Waals surface area contributed by atoms with Gasteiger partial charge in [0.1, 0.15) is 0 Å². The molecule has 0 radical (unpaired) electrons. The number of carboxylic acid groups (broad SMARTS) is 1. The number of aliphatic carboxylic acids is 1. The molecule has 0 spiro atoms. The van der Waals surface area contributed by atoms with Crippen LogP contribution in [0.3, 0.4) is 0 Å². The number of aliphatic hydroxyl groups is 1. The average molecular weight is 201 g/mol. The van der Waals surface area contributed by atoms with Crippen molar-refractivity contribution in [3.8, 4) is 0 Å². The van der Waals surface area contributed by atoms with Crippen molar-refractivity contribution in [2.24, 2.45) is 0 Å². The number of carbonyl (C=O) groups is 1. The van der Waals surface area contributed by atoms with Crippen molar-refractivity contribution in [3.05, 3.63) is 11.6 Å². The van der Waals surface area contributed by atoms with Gasteiger partial charge in [0.2, 0.25) is 0 Å². The molecule has 0 saturated carbocycles. The number of unbranched alkanes of at least 4 members (excludes halogenated alkanes) is 2. The molecule has 0 bridgehead atoms. The second-order valence-corrected chi connectivity index (χ2v) is 3.18. The zero-order chi connectivity index (χ0) is 10.8. The first-order valence-corrected chi connectivity index (χ1v) is 4.90. The van der Waals surface area contributed by atoms with E-state index in [-0.39, 0.29) is 6.61 Å². The molecule has 0 aromatic heterocycles. The predicted octanol–water partition coefficient (Wildman–Crippen LogP) is 0.769. The smallest absolute Gasteiger partial charge is 0.330 e. The van der Waals surface area contributed by atoms with E-state index in [4.69, 9.17) is 10.2 Å². The standard InChI is InChI=1S/C10H19NO3/c1-9(10(13)14)5-7-11-6-3-2-4-8-12/h5,11-12H,2-4,6-8H2,1H3,(H,13,14). The molecule has 0 aromatic rings. The molecule has 0 saturated heterocycles. The molecule has 4 nitrogen and oxygen atoms in total. The normalized spacial score (nSPS) is 11.7. The number of aliphatic hydroxyl groups excluding tert-OH is 1. The number of nitrogens with one attached hydrogen (secondary N) is 1. The summed E-state index contributed by atoms with van der Waals surface area (Å²) >= 11 is 0. The summed E-state index contributed by atoms with van der Waals surface area (Å²) < 4.78 is 0. The SMILES string of the molecule is CC(=CCNCCCCCO)C(=O)O. The maximum absolute atomic E-state index is 10.4. The summed E-state index contributed by atoms with van der Waals surface area (Å²) in [6, 6.07) is 0. The quantitative estimate of drug-likeness (QED) is 0.401. The van der Waals surface area contributed by atoms with E-state index in [1.54, 1.807) is 13.0 Å². The van der Waals surface area contributed by atoms with Gasteiger partial charge in [-0.15, -0.1) is 0 Å². The molecule has 14 heavy (non-hydrogen) atoms. The highest BCUT2D eigenvalue weighted by Gasteiger charge is 1.97. The van der Waals surface area contributed by atoms with Gasteiger partial charge in [0.15, 0.2) is 0 Å². The summed E-state index contributed by atoms with van der Waals surface area (Å²) in [6.45, 7) is 3.29. The molecule has 3 N–H and O–H groups in total. The highest BCUT2D eigenvalue weighted by molar-refractivity contribution is 5.85. The lowest BCUT2D eigenvalue weighted by molar-refractivity contribution is -0.132. The zero-order valence-electron chi connectivity index (χ0n) is 8.62. The third-order valence-corrected chi connectivity index (χ3v) is 1.90. The molecule has 0 aromatic carbocycles. The summed E-state index contributed by atoms with van der Waals surface area (Å²) in [6.07, 6.45) is 4.52. The molecule has 0 unspecified atom stereocenters. The molecule has 0 aliphatic heterocycles. The lowest BCUT2D eigenvalue weighted by Gasteiger charge is -2.01. The van der Waals surface area contributed by atoms with Crippen LogP contribution in [0, 0.1) is 0 Å². The summed E-state index contributed by atoms with van der Waals surface area (Å²) in [5.74, 6) is -0.868. The van der Waals surface area contributed by atoms with Gasteiger partial charge in [-0.25, -0.2) is 4.79 Å². The van der Waals surface area contributed by atoms with E-state index in [0.717, 1.165) is 25.8 Å². The average Bonchev–Trinajstić information content (AvgIpc) is 2.16. The van der Waals surface area contributed by atoms with E-state index in [9.17, 15) is 4.79 Å². The monoisotopic (exact) mass is 201 g/mol. The Bertz CT molecular complexity index is 190. The first kappa shape index (κ1) is 13.1. The molecular formula is C10H19NO3. The molecule has 0 atom stereocenters. The Morgan fingerprint density at radius 3 is 2.64 bits per heavy atom. The lowest BCUT2D eigenvalue weighted by atomic mass is 10.2. The molecule has 0 heterocycles. The fraction of sp³-hybridized carbons (Fsp3) is 0.700. The van der Waals surface area contributed by atoms with Crippen LogP contribution in [-0.4, -0.2) is 35.9 Å². The van der Waals surface area contributed by atoms with Crippen LogP contribution in [0.4, 0.5) is 0 Å². The summed E-state index contributed by atoms with van der Waals surface area (Å²) in [5.41, 5.74) is 0.368. The van der Waals surface area contributed by atoms with E-state index in [0.29, 0.717) is 12.1 Å². The second-order valence-electron chi connectivity index (χ2n) is 3.18. The number of rotatable bonds is 8. The Morgan fingerprint density at radius 1 is 1.36 bits per heavy atom. The number of hydrogen-bond acceptors (Lipinski definition) is 3. The second kappa shape index (κ2) is 8.72. The lowest BCUT2D eigenvalue weighted by Crippen LogP contribution is -2.16. The van der Waals surface area contributed by atoms with Gasteiger partial charge < -0.3 is 15.5 Å². The first-order chi connectivity index (χ1) is 6.68. The van der Waals surface area contributed by atoms with Gasteiger partial charge in [0, 0.05) is 18.7 Å². The van der Waals surface area contributed by atoms with Crippen molar-refractivity contribution < 1.29 is 15.0 Å². The van der Waals surface area contributed by atoms with E-state index in [1.165, 1.54) is 0 Å². The van der Waals surface area contributed by atoms with E-state index in [1.807, 2.05) is 0 Å². The largest absolute Gasteiger partial charge is 0.478 e. The predicted molar refractivity (Wildman–Crippen MR) is 55.2 cm³/mol. The van der Waals surface area contributed by atoms with Crippen molar-refractivity contribution in [1.82, 2.24) is 5.32 Å². The van der Waals surface area contributed by atoms with Gasteiger partial charge in [0.05, 0.1) is 0 Å². The zero-order valence-corrected chi connectivity index (χ0v) is 8.62. The summed E-state index contributed by atoms with van der Waals surface area (Å²) in [5, 5.41) is 20.1. The summed E-state index contributed by atoms with van der Waals surface area (Å²) in [7, 11) is 0. The maximum Gasteiger partial charge on any atom is 0.330 e. The molecule has 0 amide bonds. The van der Waals surface area contributed by atoms with Crippen LogP contribution in [0.1, 0.15) is 26.2 Å². The number of hydrogen-bond donors (Lipinski definition) is 3. The fourth-order valence-electron chi connectivity index (χ4n) is 0.953. The third kappa shape index (κ3) is 7.76. The maximum atomic E-state index is 10.4. The van der Waals surface area contributed by atoms with Crippen LogP contribution in [-0.2, 0) is 4.79 Å². The topological polar surface area (TPSA) is 69.6 Å². The Labute approximate surface area is 84.6 Å². The molecule has 0 rings (SSSR count). The van der Waals surface area contributed by atoms with Crippen molar-refractivity contribution in [1.29, 1.82) is 0 Å². The van der Waals surface area contributed by atoms with Gasteiger partial charge in [-0.3, -0.25) is 0 Å². The highest BCUT2D eigenvalue weighted by Crippen LogP contribution is 1.93. The minimum Gasteiger partial charge on any atom is -0.478 e. The van der Waals surface area contributed by atoms with Crippen LogP contribution < -0.4 is 5.32 Å². The first-order valence-electron chi connectivity index (χ1n) is 4.90. The fourth-order valence-corrected chi connectivity index (χ4v) is 0.953. The minimum atomic E-state index is -0.868. The van der Waals surface area contributed by atoms with Gasteiger partial charge in [0.25, 0.3) is 0 Å². The van der Waals surface area contributed by atoms with Crippen LogP contribution in [0.5, 0.6) is 0 Å². The minimum absolute atomic E-state index is 0.248. The van der Waals surface area contributed by atoms with Crippen molar-refractivity contribution >= 4 is 5.97 Å². The van der Waals surface area contributed by atoms with E-state index in [2.05, 4.69) is 5.32 Å². The van der Waals surface area contributed by atoms with E-state index >= 15 is 0 Å². The molecule has 0 aliphatic rings. The van der Waals surface area contributed by atoms with Crippen LogP contribution in [0.2, 0.25) is 0 Å². The molecular weight excluding hydrogens is 182 g/mol. The molecule has 0 aliphatic carbocycles. The van der Waals surface area contributed by atoms with Crippen molar-refractivity contribution in [3.63, 3.8) is 0 Å². The molecule has 82 valence electrons. The van der Waals surface area contributed by atoms with Gasteiger partial charge in [-0.2, -0.15) is 0 Å². The third-order valence-electron chi connectivity index (χ3n) is 1.90. The van der Waals surface area contributed by atoms with Crippen LogP contribution in [0.25, 0.3) is 0 Å². The highest BCUT2D eigenvalue weighted by atomic mass is 16.4. The molecule has 0 fully saturated rings. The van der Waals surface area contributed by atoms with E-state index < -0.39 is 5.97 Å². The van der Waals surface area contributed by atoms with Crippen molar-refractivity contribution in [2.45, 2.75) is 26.2 Å². The van der Waals surface area contributed by atoms with Crippen LogP contribution >= 0.6 is 0 Å². The van der Waals surface area contributed by atoms with Crippen LogP contribution in [0.15, 0.2) is 11.6 Å². The van der Waals surface area contributed by atoms with Gasteiger partial charge in [-0.1, -0.05) is 6.08 Å². The Hall–Kier alpha value is -0.870.